The van der Waals surface area contributed by atoms with Gasteiger partial charge in [0.15, 0.2) is 5.82 Å². The van der Waals surface area contributed by atoms with Crippen LogP contribution in [0.15, 0.2) is 22.7 Å². The summed E-state index contributed by atoms with van der Waals surface area (Å²) in [5, 5.41) is 1.11. The normalized spacial score (nSPS) is 11.7. The highest BCUT2D eigenvalue weighted by molar-refractivity contribution is 9.10. The minimum absolute atomic E-state index is 0.171. The second-order valence-electron chi connectivity index (χ2n) is 5.47. The van der Waals surface area contributed by atoms with Crippen molar-refractivity contribution in [2.75, 3.05) is 5.73 Å². The van der Waals surface area contributed by atoms with Crippen molar-refractivity contribution in [2.45, 2.75) is 26.2 Å². The molecule has 0 aliphatic rings. The van der Waals surface area contributed by atoms with Crippen molar-refractivity contribution >= 4 is 44.9 Å². The van der Waals surface area contributed by atoms with Crippen molar-refractivity contribution in [1.82, 2.24) is 9.97 Å². The summed E-state index contributed by atoms with van der Waals surface area (Å²) in [4.78, 5) is 8.89. The van der Waals surface area contributed by atoms with E-state index >= 15 is 0 Å². The number of anilines is 1. The number of benzene rings is 1. The summed E-state index contributed by atoms with van der Waals surface area (Å²) >= 11 is 15.7. The van der Waals surface area contributed by atoms with E-state index in [-0.39, 0.29) is 5.41 Å². The van der Waals surface area contributed by atoms with Gasteiger partial charge in [-0.15, -0.1) is 0 Å². The monoisotopic (exact) mass is 373 g/mol. The molecular formula is C14H14BrCl2N3. The van der Waals surface area contributed by atoms with Crippen molar-refractivity contribution in [3.8, 4) is 11.4 Å². The predicted molar refractivity (Wildman–Crippen MR) is 88.3 cm³/mol. The third-order valence-corrected chi connectivity index (χ3v) is 4.10. The van der Waals surface area contributed by atoms with Crippen molar-refractivity contribution in [3.05, 3.63) is 38.4 Å². The van der Waals surface area contributed by atoms with Crippen LogP contribution in [-0.4, -0.2) is 9.97 Å². The van der Waals surface area contributed by atoms with Gasteiger partial charge < -0.3 is 5.73 Å². The lowest BCUT2D eigenvalue weighted by Crippen LogP contribution is -2.17. The zero-order valence-electron chi connectivity index (χ0n) is 11.3. The molecule has 0 atom stereocenters. The van der Waals surface area contributed by atoms with Crippen LogP contribution in [0.2, 0.25) is 10.0 Å². The Kier molecular flexibility index (Phi) is 4.28. The van der Waals surface area contributed by atoms with E-state index in [0.717, 1.165) is 5.69 Å². The van der Waals surface area contributed by atoms with Crippen LogP contribution < -0.4 is 5.73 Å². The average Bonchev–Trinajstić information content (AvgIpc) is 2.34. The molecule has 0 amide bonds. The Hall–Kier alpha value is -0.840. The van der Waals surface area contributed by atoms with E-state index in [1.165, 1.54) is 0 Å². The standard InChI is InChI=1S/C14H14BrCl2N3/c1-14(2,3)11-10(15)12(18)20-13(19-11)8-6-7(16)4-5-9(8)17/h4-6H,1-3H3,(H2,18,19,20). The number of rotatable bonds is 1. The molecule has 106 valence electrons. The Morgan fingerprint density at radius 1 is 1.15 bits per heavy atom. The minimum atomic E-state index is -0.171. The molecule has 2 aromatic rings. The van der Waals surface area contributed by atoms with Gasteiger partial charge in [-0.1, -0.05) is 44.0 Å². The Balaban J connectivity index is 2.70. The van der Waals surface area contributed by atoms with Crippen molar-refractivity contribution in [1.29, 1.82) is 0 Å². The molecule has 3 nitrogen and oxygen atoms in total. The smallest absolute Gasteiger partial charge is 0.163 e. The first-order valence-corrected chi connectivity index (χ1v) is 7.54. The molecule has 0 bridgehead atoms. The van der Waals surface area contributed by atoms with Gasteiger partial charge in [0.05, 0.1) is 15.2 Å². The Morgan fingerprint density at radius 2 is 1.80 bits per heavy atom. The van der Waals surface area contributed by atoms with Crippen LogP contribution in [0.25, 0.3) is 11.4 Å². The van der Waals surface area contributed by atoms with E-state index in [2.05, 4.69) is 46.7 Å². The van der Waals surface area contributed by atoms with Gasteiger partial charge in [0.2, 0.25) is 0 Å². The lowest BCUT2D eigenvalue weighted by Gasteiger charge is -2.21. The fourth-order valence-electron chi connectivity index (χ4n) is 1.75. The largest absolute Gasteiger partial charge is 0.383 e. The summed E-state index contributed by atoms with van der Waals surface area (Å²) in [5.74, 6) is 0.860. The summed E-state index contributed by atoms with van der Waals surface area (Å²) in [6.07, 6.45) is 0. The maximum absolute atomic E-state index is 6.20. The molecule has 2 N–H and O–H groups in total. The number of nitrogens with zero attached hydrogens (tertiary/aromatic N) is 2. The maximum atomic E-state index is 6.20. The van der Waals surface area contributed by atoms with Gasteiger partial charge in [0, 0.05) is 16.0 Å². The molecule has 1 heterocycles. The van der Waals surface area contributed by atoms with Crippen LogP contribution in [0.4, 0.5) is 5.82 Å². The van der Waals surface area contributed by atoms with Crippen LogP contribution >= 0.6 is 39.1 Å². The van der Waals surface area contributed by atoms with Gasteiger partial charge in [0.25, 0.3) is 0 Å². The molecule has 0 aliphatic carbocycles. The lowest BCUT2D eigenvalue weighted by atomic mass is 9.91. The first-order valence-electron chi connectivity index (χ1n) is 5.99. The summed E-state index contributed by atoms with van der Waals surface area (Å²) in [7, 11) is 0. The van der Waals surface area contributed by atoms with Crippen LogP contribution in [-0.2, 0) is 5.41 Å². The maximum Gasteiger partial charge on any atom is 0.163 e. The molecule has 20 heavy (non-hydrogen) atoms. The first kappa shape index (κ1) is 15.5. The molecular weight excluding hydrogens is 361 g/mol. The second-order valence-corrected chi connectivity index (χ2v) is 7.11. The molecule has 0 spiro atoms. The molecule has 0 saturated carbocycles. The molecule has 1 aromatic carbocycles. The first-order chi connectivity index (χ1) is 9.20. The molecule has 0 fully saturated rings. The van der Waals surface area contributed by atoms with Gasteiger partial charge in [-0.25, -0.2) is 9.97 Å². The number of hydrogen-bond donors (Lipinski definition) is 1. The van der Waals surface area contributed by atoms with Crippen LogP contribution in [0, 0.1) is 0 Å². The van der Waals surface area contributed by atoms with E-state index in [9.17, 15) is 0 Å². The molecule has 0 unspecified atom stereocenters. The predicted octanol–water partition coefficient (Wildman–Crippen LogP) is 5.09. The van der Waals surface area contributed by atoms with Crippen LogP contribution in [0.1, 0.15) is 26.5 Å². The van der Waals surface area contributed by atoms with Gasteiger partial charge in [-0.3, -0.25) is 0 Å². The summed E-state index contributed by atoms with van der Waals surface area (Å²) in [6, 6.07) is 5.18. The number of nitrogen functional groups attached to an aromatic ring is 1. The topological polar surface area (TPSA) is 51.8 Å². The van der Waals surface area contributed by atoms with Crippen molar-refractivity contribution < 1.29 is 0 Å². The Bertz CT molecular complexity index is 666. The number of halogens is 3. The number of hydrogen-bond acceptors (Lipinski definition) is 3. The third-order valence-electron chi connectivity index (χ3n) is 2.76. The van der Waals surface area contributed by atoms with E-state index in [1.807, 2.05) is 0 Å². The van der Waals surface area contributed by atoms with E-state index in [0.29, 0.717) is 31.7 Å². The Morgan fingerprint density at radius 3 is 2.40 bits per heavy atom. The minimum Gasteiger partial charge on any atom is -0.383 e. The number of aromatic nitrogens is 2. The molecule has 0 saturated heterocycles. The fraction of sp³-hybridized carbons (Fsp3) is 0.286. The van der Waals surface area contributed by atoms with E-state index < -0.39 is 0 Å². The van der Waals surface area contributed by atoms with Gasteiger partial charge in [0.1, 0.15) is 5.82 Å². The van der Waals surface area contributed by atoms with Crippen molar-refractivity contribution in [3.63, 3.8) is 0 Å². The quantitative estimate of drug-likeness (QED) is 0.755. The summed E-state index contributed by atoms with van der Waals surface area (Å²) in [6.45, 7) is 6.18. The molecule has 6 heteroatoms. The molecule has 0 radical (unpaired) electrons. The van der Waals surface area contributed by atoms with Crippen LogP contribution in [0.3, 0.4) is 0 Å². The zero-order chi connectivity index (χ0) is 15.1. The van der Waals surface area contributed by atoms with Gasteiger partial charge >= 0.3 is 0 Å². The second kappa shape index (κ2) is 5.51. The molecule has 0 aliphatic heterocycles. The van der Waals surface area contributed by atoms with Crippen LogP contribution in [0.5, 0.6) is 0 Å². The van der Waals surface area contributed by atoms with E-state index in [1.54, 1.807) is 18.2 Å². The average molecular weight is 375 g/mol. The third kappa shape index (κ3) is 3.08. The summed E-state index contributed by atoms with van der Waals surface area (Å²) < 4.78 is 0.715. The highest BCUT2D eigenvalue weighted by Gasteiger charge is 2.23. The molecule has 2 rings (SSSR count). The molecule has 1 aromatic heterocycles. The lowest BCUT2D eigenvalue weighted by molar-refractivity contribution is 0.565. The highest BCUT2D eigenvalue weighted by Crippen LogP contribution is 2.35. The van der Waals surface area contributed by atoms with Gasteiger partial charge in [-0.05, 0) is 34.1 Å². The zero-order valence-corrected chi connectivity index (χ0v) is 14.4. The highest BCUT2D eigenvalue weighted by atomic mass is 79.9. The van der Waals surface area contributed by atoms with E-state index in [4.69, 9.17) is 28.9 Å². The summed E-state index contributed by atoms with van der Waals surface area (Å²) in [5.41, 5.74) is 7.30. The number of nitrogens with two attached hydrogens (primary N) is 1. The fourth-order valence-corrected chi connectivity index (χ4v) is 2.90. The van der Waals surface area contributed by atoms with Crippen molar-refractivity contribution in [2.24, 2.45) is 0 Å². The van der Waals surface area contributed by atoms with Gasteiger partial charge in [-0.2, -0.15) is 0 Å². The SMILES string of the molecule is CC(C)(C)c1nc(-c2cc(Cl)ccc2Cl)nc(N)c1Br. The Labute approximate surface area is 136 Å².